The van der Waals surface area contributed by atoms with Crippen molar-refractivity contribution in [1.29, 1.82) is 0 Å². The summed E-state index contributed by atoms with van der Waals surface area (Å²) >= 11 is 5.90. The van der Waals surface area contributed by atoms with Crippen molar-refractivity contribution in [3.63, 3.8) is 0 Å². The van der Waals surface area contributed by atoms with Gasteiger partial charge in [-0.1, -0.05) is 48.9 Å². The molecule has 7 heteroatoms. The average molecular weight is 457 g/mol. The van der Waals surface area contributed by atoms with Gasteiger partial charge < -0.3 is 15.5 Å². The van der Waals surface area contributed by atoms with Gasteiger partial charge in [0.05, 0.1) is 0 Å². The normalized spacial score (nSPS) is 14.7. The Bertz CT molecular complexity index is 852. The Balaban J connectivity index is 1.39. The van der Waals surface area contributed by atoms with Crippen LogP contribution in [0, 0.1) is 0 Å². The number of halogens is 1. The van der Waals surface area contributed by atoms with E-state index < -0.39 is 0 Å². The van der Waals surface area contributed by atoms with Crippen LogP contribution in [0.1, 0.15) is 38.2 Å². The molecule has 3 amide bonds. The van der Waals surface area contributed by atoms with E-state index in [-0.39, 0.29) is 18.0 Å². The number of hydrogen-bond donors (Lipinski definition) is 2. The molecule has 0 saturated carbocycles. The standard InChI is InChI=1S/C25H33ClN4O2/c1-2-15-30(25(32)28-22-10-8-21(26)9-11-22)18-14-24(31)27-23-12-16-29(17-13-23)19-20-6-4-3-5-7-20/h3-11,23H,2,12-19H2,1H3,(H,27,31)(H,28,32). The number of piperidine rings is 1. The van der Waals surface area contributed by atoms with Crippen LogP contribution in [0.4, 0.5) is 10.5 Å². The number of amides is 3. The zero-order valence-electron chi connectivity index (χ0n) is 18.7. The van der Waals surface area contributed by atoms with Gasteiger partial charge in [-0.3, -0.25) is 9.69 Å². The number of rotatable bonds is 9. The lowest BCUT2D eigenvalue weighted by Crippen LogP contribution is -2.45. The van der Waals surface area contributed by atoms with Gasteiger partial charge in [-0.25, -0.2) is 4.79 Å². The Morgan fingerprint density at radius 1 is 1.03 bits per heavy atom. The summed E-state index contributed by atoms with van der Waals surface area (Å²) in [6.45, 7) is 5.93. The molecule has 3 rings (SSSR count). The highest BCUT2D eigenvalue weighted by molar-refractivity contribution is 6.30. The number of likely N-dealkylation sites (tertiary alicyclic amines) is 1. The smallest absolute Gasteiger partial charge is 0.321 e. The predicted octanol–water partition coefficient (Wildman–Crippen LogP) is 4.75. The van der Waals surface area contributed by atoms with E-state index in [1.54, 1.807) is 29.2 Å². The lowest BCUT2D eigenvalue weighted by atomic mass is 10.0. The van der Waals surface area contributed by atoms with Crippen molar-refractivity contribution < 1.29 is 9.59 Å². The first-order chi connectivity index (χ1) is 15.5. The van der Waals surface area contributed by atoms with Crippen molar-refractivity contribution in [3.8, 4) is 0 Å². The molecule has 0 aliphatic carbocycles. The minimum atomic E-state index is -0.198. The van der Waals surface area contributed by atoms with E-state index >= 15 is 0 Å². The van der Waals surface area contributed by atoms with E-state index in [2.05, 4.69) is 39.8 Å². The van der Waals surface area contributed by atoms with Crippen LogP contribution in [0.25, 0.3) is 0 Å². The Labute approximate surface area is 195 Å². The third kappa shape index (κ3) is 7.84. The van der Waals surface area contributed by atoms with Crippen LogP contribution in [-0.4, -0.2) is 54.0 Å². The molecular weight excluding hydrogens is 424 g/mol. The van der Waals surface area contributed by atoms with Gasteiger partial charge in [-0.2, -0.15) is 0 Å². The number of nitrogens with zero attached hydrogens (tertiary/aromatic N) is 2. The van der Waals surface area contributed by atoms with Crippen molar-refractivity contribution in [2.75, 3.05) is 31.5 Å². The largest absolute Gasteiger partial charge is 0.353 e. The maximum absolute atomic E-state index is 12.6. The van der Waals surface area contributed by atoms with Crippen LogP contribution in [-0.2, 0) is 11.3 Å². The fourth-order valence-electron chi connectivity index (χ4n) is 3.93. The third-order valence-corrected chi connectivity index (χ3v) is 5.94. The summed E-state index contributed by atoms with van der Waals surface area (Å²) in [7, 11) is 0. The quantitative estimate of drug-likeness (QED) is 0.572. The summed E-state index contributed by atoms with van der Waals surface area (Å²) in [4.78, 5) is 29.3. The van der Waals surface area contributed by atoms with Gasteiger partial charge in [0.25, 0.3) is 0 Å². The van der Waals surface area contributed by atoms with Crippen LogP contribution < -0.4 is 10.6 Å². The summed E-state index contributed by atoms with van der Waals surface area (Å²) in [6.07, 6.45) is 3.04. The minimum Gasteiger partial charge on any atom is -0.353 e. The van der Waals surface area contributed by atoms with E-state index in [1.807, 2.05) is 13.0 Å². The first kappa shape index (κ1) is 24.1. The molecule has 2 aromatic carbocycles. The molecule has 0 radical (unpaired) electrons. The molecular formula is C25H33ClN4O2. The Hall–Kier alpha value is -2.57. The van der Waals surface area contributed by atoms with Crippen molar-refractivity contribution in [1.82, 2.24) is 15.1 Å². The van der Waals surface area contributed by atoms with Gasteiger partial charge in [0.2, 0.25) is 5.91 Å². The molecule has 1 saturated heterocycles. The first-order valence-electron chi connectivity index (χ1n) is 11.4. The number of hydrogen-bond acceptors (Lipinski definition) is 3. The van der Waals surface area contributed by atoms with Gasteiger partial charge in [0.15, 0.2) is 0 Å². The lowest BCUT2D eigenvalue weighted by Gasteiger charge is -2.32. The highest BCUT2D eigenvalue weighted by Crippen LogP contribution is 2.15. The van der Waals surface area contributed by atoms with Crippen molar-refractivity contribution in [2.24, 2.45) is 0 Å². The Morgan fingerprint density at radius 3 is 2.38 bits per heavy atom. The molecule has 1 aliphatic heterocycles. The number of carbonyl (C=O) groups is 2. The number of urea groups is 1. The van der Waals surface area contributed by atoms with Crippen molar-refractivity contribution >= 4 is 29.2 Å². The van der Waals surface area contributed by atoms with Crippen LogP contribution in [0.5, 0.6) is 0 Å². The van der Waals surface area contributed by atoms with Crippen molar-refractivity contribution in [2.45, 2.75) is 45.2 Å². The zero-order chi connectivity index (χ0) is 22.8. The first-order valence-corrected chi connectivity index (χ1v) is 11.8. The van der Waals surface area contributed by atoms with E-state index in [0.29, 0.717) is 30.2 Å². The molecule has 32 heavy (non-hydrogen) atoms. The summed E-state index contributed by atoms with van der Waals surface area (Å²) < 4.78 is 0. The van der Waals surface area contributed by atoms with Crippen LogP contribution in [0.2, 0.25) is 5.02 Å². The second-order valence-corrected chi connectivity index (χ2v) is 8.71. The Kier molecular flexibility index (Phi) is 9.38. The second-order valence-electron chi connectivity index (χ2n) is 8.28. The number of nitrogens with one attached hydrogen (secondary N) is 2. The molecule has 172 valence electrons. The second kappa shape index (κ2) is 12.5. The van der Waals surface area contributed by atoms with E-state index in [9.17, 15) is 9.59 Å². The number of carbonyl (C=O) groups excluding carboxylic acids is 2. The summed E-state index contributed by atoms with van der Waals surface area (Å²) in [5.41, 5.74) is 2.01. The van der Waals surface area contributed by atoms with Crippen LogP contribution in [0.3, 0.4) is 0 Å². The van der Waals surface area contributed by atoms with Crippen molar-refractivity contribution in [3.05, 3.63) is 65.2 Å². The number of anilines is 1. The van der Waals surface area contributed by atoms with E-state index in [1.165, 1.54) is 5.56 Å². The lowest BCUT2D eigenvalue weighted by molar-refractivity contribution is -0.122. The monoisotopic (exact) mass is 456 g/mol. The summed E-state index contributed by atoms with van der Waals surface area (Å²) in [6, 6.07) is 17.5. The fourth-order valence-corrected chi connectivity index (χ4v) is 4.06. The topological polar surface area (TPSA) is 64.7 Å². The third-order valence-electron chi connectivity index (χ3n) is 5.69. The summed E-state index contributed by atoms with van der Waals surface area (Å²) in [5, 5.41) is 6.65. The molecule has 2 aromatic rings. The van der Waals surface area contributed by atoms with Gasteiger partial charge in [-0.15, -0.1) is 0 Å². The molecule has 1 fully saturated rings. The van der Waals surface area contributed by atoms with Gasteiger partial charge in [0, 0.05) is 55.9 Å². The highest BCUT2D eigenvalue weighted by atomic mass is 35.5. The molecule has 1 aliphatic rings. The minimum absolute atomic E-state index is 0.00639. The fraction of sp³-hybridized carbons (Fsp3) is 0.440. The molecule has 2 N–H and O–H groups in total. The highest BCUT2D eigenvalue weighted by Gasteiger charge is 2.21. The molecule has 0 unspecified atom stereocenters. The number of benzene rings is 2. The maximum atomic E-state index is 12.6. The van der Waals surface area contributed by atoms with Gasteiger partial charge in [0.1, 0.15) is 0 Å². The molecule has 0 aromatic heterocycles. The van der Waals surface area contributed by atoms with Crippen LogP contribution >= 0.6 is 11.6 Å². The molecule has 1 heterocycles. The van der Waals surface area contributed by atoms with E-state index in [0.717, 1.165) is 38.9 Å². The SMILES string of the molecule is CCCN(CCC(=O)NC1CCN(Cc2ccccc2)CC1)C(=O)Nc1ccc(Cl)cc1. The summed E-state index contributed by atoms with van der Waals surface area (Å²) in [5.74, 6) is 0.00639. The zero-order valence-corrected chi connectivity index (χ0v) is 19.5. The van der Waals surface area contributed by atoms with Gasteiger partial charge >= 0.3 is 6.03 Å². The van der Waals surface area contributed by atoms with E-state index in [4.69, 9.17) is 11.6 Å². The molecule has 0 atom stereocenters. The van der Waals surface area contributed by atoms with Gasteiger partial charge in [-0.05, 0) is 49.1 Å². The molecule has 0 bridgehead atoms. The molecule has 6 nitrogen and oxygen atoms in total. The van der Waals surface area contributed by atoms with Crippen LogP contribution in [0.15, 0.2) is 54.6 Å². The predicted molar refractivity (Wildman–Crippen MR) is 130 cm³/mol. The molecule has 0 spiro atoms. The maximum Gasteiger partial charge on any atom is 0.321 e. The average Bonchev–Trinajstić information content (AvgIpc) is 2.80. The Morgan fingerprint density at radius 2 is 1.72 bits per heavy atom.